The van der Waals surface area contributed by atoms with Gasteiger partial charge in [0.15, 0.2) is 5.78 Å². The van der Waals surface area contributed by atoms with Crippen molar-refractivity contribution in [3.63, 3.8) is 0 Å². The summed E-state index contributed by atoms with van der Waals surface area (Å²) < 4.78 is 2.15. The normalized spacial score (nSPS) is 10.7. The Bertz CT molecular complexity index is 884. The van der Waals surface area contributed by atoms with Crippen molar-refractivity contribution in [1.82, 2.24) is 4.57 Å². The van der Waals surface area contributed by atoms with Crippen molar-refractivity contribution in [3.05, 3.63) is 66.4 Å². The molecule has 1 heterocycles. The highest BCUT2D eigenvalue weighted by Gasteiger charge is 2.10. The number of anilines is 1. The Labute approximate surface area is 145 Å². The fourth-order valence-electron chi connectivity index (χ4n) is 2.83. The topological polar surface area (TPSA) is 71.3 Å². The quantitative estimate of drug-likeness (QED) is 0.660. The highest BCUT2D eigenvalue weighted by molar-refractivity contribution is 5.95. The Kier molecular flexibility index (Phi) is 5.14. The maximum absolute atomic E-state index is 11.8. The molecular weight excluding hydrogens is 316 g/mol. The summed E-state index contributed by atoms with van der Waals surface area (Å²) in [5.41, 5.74) is 3.18. The van der Waals surface area contributed by atoms with Crippen LogP contribution in [0.4, 0.5) is 5.69 Å². The molecule has 1 aromatic heterocycles. The molecule has 0 atom stereocenters. The minimum Gasteiger partial charge on any atom is -0.481 e. The number of benzene rings is 2. The van der Waals surface area contributed by atoms with Crippen molar-refractivity contribution in [2.45, 2.75) is 19.4 Å². The minimum atomic E-state index is -0.951. The molecule has 0 saturated carbocycles. The molecule has 0 bridgehead atoms. The van der Waals surface area contributed by atoms with Crippen LogP contribution < -0.4 is 5.32 Å². The van der Waals surface area contributed by atoms with E-state index < -0.39 is 5.97 Å². The molecule has 0 aliphatic carbocycles. The number of Topliss-reactive ketones (excluding diaryl/α,β-unsaturated/α-hetero) is 1. The van der Waals surface area contributed by atoms with Crippen LogP contribution in [-0.4, -0.2) is 28.0 Å². The Morgan fingerprint density at radius 3 is 2.44 bits per heavy atom. The van der Waals surface area contributed by atoms with Gasteiger partial charge in [0.2, 0.25) is 0 Å². The maximum Gasteiger partial charge on any atom is 0.303 e. The van der Waals surface area contributed by atoms with Gasteiger partial charge in [-0.2, -0.15) is 0 Å². The van der Waals surface area contributed by atoms with E-state index in [1.165, 1.54) is 5.56 Å². The summed E-state index contributed by atoms with van der Waals surface area (Å²) in [6, 6.07) is 18.2. The molecule has 2 aromatic carbocycles. The summed E-state index contributed by atoms with van der Waals surface area (Å²) in [5.74, 6) is -1.06. The number of aliphatic carboxylic acids is 1. The molecule has 0 spiro atoms. The third-order valence-corrected chi connectivity index (χ3v) is 4.08. The van der Waals surface area contributed by atoms with E-state index in [2.05, 4.69) is 28.1 Å². The summed E-state index contributed by atoms with van der Waals surface area (Å²) in [5, 5.41) is 12.9. The number of carbonyl (C=O) groups excluding carboxylic acids is 1. The molecule has 3 aromatic rings. The van der Waals surface area contributed by atoms with Crippen LogP contribution in [0.1, 0.15) is 18.4 Å². The van der Waals surface area contributed by atoms with E-state index in [0.717, 1.165) is 23.1 Å². The second kappa shape index (κ2) is 7.66. The number of hydrogen-bond donors (Lipinski definition) is 2. The number of ketones is 1. The van der Waals surface area contributed by atoms with Gasteiger partial charge in [0, 0.05) is 24.5 Å². The average molecular weight is 336 g/mol. The molecule has 0 unspecified atom stereocenters. The van der Waals surface area contributed by atoms with Gasteiger partial charge in [-0.1, -0.05) is 48.5 Å². The Morgan fingerprint density at radius 2 is 1.68 bits per heavy atom. The highest BCUT2D eigenvalue weighted by atomic mass is 16.4. The van der Waals surface area contributed by atoms with Crippen molar-refractivity contribution in [1.29, 1.82) is 0 Å². The molecule has 0 amide bonds. The van der Waals surface area contributed by atoms with Crippen molar-refractivity contribution >= 4 is 28.3 Å². The minimum absolute atomic E-state index is 0.0466. The van der Waals surface area contributed by atoms with Gasteiger partial charge >= 0.3 is 5.97 Å². The molecule has 0 radical (unpaired) electrons. The van der Waals surface area contributed by atoms with Crippen LogP contribution in [0.2, 0.25) is 0 Å². The number of hydrogen-bond acceptors (Lipinski definition) is 3. The van der Waals surface area contributed by atoms with E-state index in [-0.39, 0.29) is 25.2 Å². The van der Waals surface area contributed by atoms with E-state index in [1.54, 1.807) is 0 Å². The number of para-hydroxylation sites is 1. The van der Waals surface area contributed by atoms with Crippen LogP contribution in [-0.2, 0) is 16.1 Å². The number of rotatable bonds is 8. The van der Waals surface area contributed by atoms with E-state index in [4.69, 9.17) is 5.11 Å². The lowest BCUT2D eigenvalue weighted by Gasteiger charge is -2.05. The lowest BCUT2D eigenvalue weighted by Crippen LogP contribution is -2.14. The predicted octanol–water partition coefficient (Wildman–Crippen LogP) is 3.54. The summed E-state index contributed by atoms with van der Waals surface area (Å²) >= 11 is 0. The van der Waals surface area contributed by atoms with E-state index in [9.17, 15) is 9.59 Å². The van der Waals surface area contributed by atoms with Crippen molar-refractivity contribution in [2.75, 3.05) is 11.9 Å². The fraction of sp³-hybridized carbons (Fsp3) is 0.200. The first-order chi connectivity index (χ1) is 12.1. The summed E-state index contributed by atoms with van der Waals surface area (Å²) in [6.45, 7) is 0.878. The first kappa shape index (κ1) is 16.8. The van der Waals surface area contributed by atoms with E-state index in [1.807, 2.05) is 42.6 Å². The molecule has 0 fully saturated rings. The van der Waals surface area contributed by atoms with Gasteiger partial charge in [0.1, 0.15) is 0 Å². The summed E-state index contributed by atoms with van der Waals surface area (Å²) in [7, 11) is 0. The number of carboxylic acids is 1. The monoisotopic (exact) mass is 336 g/mol. The zero-order valence-electron chi connectivity index (χ0n) is 13.8. The number of nitrogens with one attached hydrogen (secondary N) is 1. The number of fused-ring (bicyclic) bond motifs is 1. The Hall–Kier alpha value is -3.08. The number of aromatic nitrogens is 1. The average Bonchev–Trinajstić information content (AvgIpc) is 2.97. The molecule has 0 aliphatic rings. The molecule has 2 N–H and O–H groups in total. The lowest BCUT2D eigenvalue weighted by molar-refractivity contribution is -0.138. The SMILES string of the molecule is O=C(O)CCC(=O)CNc1cn(Cc2ccccc2)c2ccccc12. The molecular formula is C20H20N2O3. The van der Waals surface area contributed by atoms with Gasteiger partial charge in [-0.05, 0) is 11.6 Å². The zero-order valence-corrected chi connectivity index (χ0v) is 13.8. The summed E-state index contributed by atoms with van der Waals surface area (Å²) in [6.07, 6.45) is 1.92. The molecule has 5 nitrogen and oxygen atoms in total. The molecule has 25 heavy (non-hydrogen) atoms. The number of carboxylic acid groups (broad SMARTS) is 1. The molecule has 128 valence electrons. The predicted molar refractivity (Wildman–Crippen MR) is 97.8 cm³/mol. The van der Waals surface area contributed by atoms with Gasteiger partial charge < -0.3 is 15.0 Å². The lowest BCUT2D eigenvalue weighted by atomic mass is 10.2. The molecule has 5 heteroatoms. The second-order valence-electron chi connectivity index (χ2n) is 5.96. The Morgan fingerprint density at radius 1 is 0.960 bits per heavy atom. The Balaban J connectivity index is 1.77. The first-order valence-corrected chi connectivity index (χ1v) is 8.22. The maximum atomic E-state index is 11.8. The van der Waals surface area contributed by atoms with Crippen LogP contribution in [0, 0.1) is 0 Å². The van der Waals surface area contributed by atoms with Crippen LogP contribution in [0.15, 0.2) is 60.8 Å². The highest BCUT2D eigenvalue weighted by Crippen LogP contribution is 2.26. The van der Waals surface area contributed by atoms with E-state index >= 15 is 0 Å². The standard InChI is InChI=1S/C20H20N2O3/c23-16(10-11-20(24)25)12-21-18-14-22(13-15-6-2-1-3-7-15)19-9-5-4-8-17(18)19/h1-9,14,21H,10-13H2,(H,24,25). The molecule has 3 rings (SSSR count). The third-order valence-electron chi connectivity index (χ3n) is 4.08. The van der Waals surface area contributed by atoms with Crippen LogP contribution in [0.5, 0.6) is 0 Å². The number of carbonyl (C=O) groups is 2. The van der Waals surface area contributed by atoms with Crippen molar-refractivity contribution in [2.24, 2.45) is 0 Å². The van der Waals surface area contributed by atoms with Gasteiger partial charge in [0.05, 0.1) is 24.2 Å². The first-order valence-electron chi connectivity index (χ1n) is 8.22. The van der Waals surface area contributed by atoms with Crippen molar-refractivity contribution < 1.29 is 14.7 Å². The smallest absolute Gasteiger partial charge is 0.303 e. The molecule has 0 aliphatic heterocycles. The summed E-state index contributed by atoms with van der Waals surface area (Å²) in [4.78, 5) is 22.4. The van der Waals surface area contributed by atoms with Crippen LogP contribution in [0.25, 0.3) is 10.9 Å². The van der Waals surface area contributed by atoms with E-state index in [0.29, 0.717) is 0 Å². The number of nitrogens with zero attached hydrogens (tertiary/aromatic N) is 1. The van der Waals surface area contributed by atoms with Gasteiger partial charge in [-0.3, -0.25) is 9.59 Å². The van der Waals surface area contributed by atoms with Gasteiger partial charge in [0.25, 0.3) is 0 Å². The largest absolute Gasteiger partial charge is 0.481 e. The molecule has 0 saturated heterocycles. The van der Waals surface area contributed by atoms with Crippen LogP contribution in [0.3, 0.4) is 0 Å². The van der Waals surface area contributed by atoms with Gasteiger partial charge in [-0.25, -0.2) is 0 Å². The van der Waals surface area contributed by atoms with Gasteiger partial charge in [-0.15, -0.1) is 0 Å². The third kappa shape index (κ3) is 4.26. The fourth-order valence-corrected chi connectivity index (χ4v) is 2.83. The van der Waals surface area contributed by atoms with Crippen molar-refractivity contribution in [3.8, 4) is 0 Å². The zero-order chi connectivity index (χ0) is 17.6. The second-order valence-corrected chi connectivity index (χ2v) is 5.96. The van der Waals surface area contributed by atoms with Crippen LogP contribution >= 0.6 is 0 Å².